The number of imide groups is 1. The molecular formula is C42H42ClN9O3S. The number of benzene rings is 2. The van der Waals surface area contributed by atoms with Crippen LogP contribution in [0.2, 0.25) is 5.02 Å². The second-order valence-electron chi connectivity index (χ2n) is 15.3. The van der Waals surface area contributed by atoms with Crippen molar-refractivity contribution in [3.05, 3.63) is 110 Å². The Morgan fingerprint density at radius 2 is 1.80 bits per heavy atom. The molecule has 0 saturated carbocycles. The molecule has 3 atom stereocenters. The lowest BCUT2D eigenvalue weighted by Crippen LogP contribution is -2.52. The summed E-state index contributed by atoms with van der Waals surface area (Å²) in [4.78, 5) is 47.7. The molecular weight excluding hydrogens is 746 g/mol. The molecule has 0 spiro atoms. The lowest BCUT2D eigenvalue weighted by molar-refractivity contribution is -0.136. The summed E-state index contributed by atoms with van der Waals surface area (Å²) in [7, 11) is 0. The van der Waals surface area contributed by atoms with Crippen LogP contribution in [0.3, 0.4) is 0 Å². The minimum Gasteiger partial charge on any atom is -0.322 e. The molecule has 12 nitrogen and oxygen atoms in total. The van der Waals surface area contributed by atoms with Gasteiger partial charge in [-0.25, -0.2) is 0 Å². The second kappa shape index (κ2) is 15.1. The van der Waals surface area contributed by atoms with Gasteiger partial charge < -0.3 is 9.80 Å². The summed E-state index contributed by atoms with van der Waals surface area (Å²) >= 11 is 7.98. The molecule has 0 bridgehead atoms. The molecule has 2 aromatic heterocycles. The molecule has 56 heavy (non-hydrogen) atoms. The summed E-state index contributed by atoms with van der Waals surface area (Å²) in [5, 5.41) is 16.6. The maximum atomic E-state index is 13.3. The first-order valence-electron chi connectivity index (χ1n) is 19.3. The molecule has 3 amide bonds. The van der Waals surface area contributed by atoms with Gasteiger partial charge in [-0.2, -0.15) is 5.10 Å². The monoisotopic (exact) mass is 787 g/mol. The molecule has 2 fully saturated rings. The first-order chi connectivity index (χ1) is 27.2. The van der Waals surface area contributed by atoms with E-state index in [4.69, 9.17) is 16.6 Å². The Balaban J connectivity index is 0.806. The number of halogens is 1. The first kappa shape index (κ1) is 36.6. The number of thioether (sulfide) groups is 1. The number of nitrogens with zero attached hydrogens (tertiary/aromatic N) is 8. The number of carbonyl (C=O) groups excluding carboxylic acids is 3. The lowest BCUT2D eigenvalue weighted by Gasteiger charge is -2.32. The maximum Gasteiger partial charge on any atom is 0.255 e. The number of aromatic nitrogens is 5. The van der Waals surface area contributed by atoms with Crippen LogP contribution in [0.5, 0.6) is 0 Å². The topological polar surface area (TPSA) is 131 Å². The fourth-order valence-electron chi connectivity index (χ4n) is 8.79. The van der Waals surface area contributed by atoms with E-state index in [1.54, 1.807) is 16.7 Å². The van der Waals surface area contributed by atoms with Crippen molar-refractivity contribution in [2.75, 3.05) is 19.6 Å². The van der Waals surface area contributed by atoms with Gasteiger partial charge in [0.1, 0.15) is 11.9 Å². The Kier molecular flexibility index (Phi) is 9.89. The highest BCUT2D eigenvalue weighted by Crippen LogP contribution is 2.51. The van der Waals surface area contributed by atoms with E-state index in [1.807, 2.05) is 60.4 Å². The molecule has 5 aliphatic rings. The molecule has 9 rings (SSSR count). The SMILES string of the molecule is CC1=C(C#Cc2cnn(CCN3CCC(Cc4cccc5c4CN(C4CCC(=O)NC4=O)C5=O)CC3)c2)SC2C1C(c1ccc(Cl)cc1)=NCc1nnc(C)n12. The van der Waals surface area contributed by atoms with Gasteiger partial charge in [-0.3, -0.25) is 33.9 Å². The summed E-state index contributed by atoms with van der Waals surface area (Å²) in [6, 6.07) is 13.3. The van der Waals surface area contributed by atoms with Crippen molar-refractivity contribution < 1.29 is 14.4 Å². The van der Waals surface area contributed by atoms with Crippen LogP contribution in [0.4, 0.5) is 0 Å². The van der Waals surface area contributed by atoms with Crippen molar-refractivity contribution in [2.45, 2.75) is 77.0 Å². The zero-order valence-corrected chi connectivity index (χ0v) is 32.9. The van der Waals surface area contributed by atoms with Gasteiger partial charge in [0, 0.05) is 36.3 Å². The number of allylic oxidation sites excluding steroid dienone is 2. The van der Waals surface area contributed by atoms with Crippen molar-refractivity contribution in [3.63, 3.8) is 0 Å². The predicted molar refractivity (Wildman–Crippen MR) is 214 cm³/mol. The van der Waals surface area contributed by atoms with Gasteiger partial charge >= 0.3 is 0 Å². The van der Waals surface area contributed by atoms with Gasteiger partial charge in [-0.15, -0.1) is 10.2 Å². The highest BCUT2D eigenvalue weighted by atomic mass is 35.5. The number of piperidine rings is 2. The molecule has 3 unspecified atom stereocenters. The zero-order chi connectivity index (χ0) is 38.5. The Hall–Kier alpha value is -5.03. The average Bonchev–Trinajstić information content (AvgIpc) is 3.94. The molecule has 0 aliphatic carbocycles. The van der Waals surface area contributed by atoms with Crippen LogP contribution >= 0.6 is 23.4 Å². The summed E-state index contributed by atoms with van der Waals surface area (Å²) in [6.45, 7) is 8.78. The predicted octanol–water partition coefficient (Wildman–Crippen LogP) is 5.34. The minimum absolute atomic E-state index is 0.0288. The van der Waals surface area contributed by atoms with E-state index < -0.39 is 6.04 Å². The average molecular weight is 788 g/mol. The van der Waals surface area contributed by atoms with E-state index in [0.29, 0.717) is 36.0 Å². The third-order valence-electron chi connectivity index (χ3n) is 11.9. The fourth-order valence-corrected chi connectivity index (χ4v) is 10.4. The van der Waals surface area contributed by atoms with Gasteiger partial charge in [0.25, 0.3) is 5.91 Å². The fraction of sp³-hybridized carbons (Fsp3) is 0.405. The highest BCUT2D eigenvalue weighted by molar-refractivity contribution is 8.03. The molecule has 2 saturated heterocycles. The van der Waals surface area contributed by atoms with Crippen LogP contribution in [0, 0.1) is 30.6 Å². The van der Waals surface area contributed by atoms with E-state index >= 15 is 0 Å². The van der Waals surface area contributed by atoms with Crippen molar-refractivity contribution in [3.8, 4) is 11.8 Å². The van der Waals surface area contributed by atoms with Gasteiger partial charge in [-0.05, 0) is 99.0 Å². The number of nitrogens with one attached hydrogen (secondary N) is 1. The molecule has 2 aromatic carbocycles. The number of hydrogen-bond donors (Lipinski definition) is 1. The van der Waals surface area contributed by atoms with Crippen molar-refractivity contribution in [1.29, 1.82) is 0 Å². The van der Waals surface area contributed by atoms with Gasteiger partial charge in [0.15, 0.2) is 5.82 Å². The number of amides is 3. The summed E-state index contributed by atoms with van der Waals surface area (Å²) in [5.41, 5.74) is 7.07. The number of rotatable bonds is 7. The molecule has 4 aromatic rings. The Morgan fingerprint density at radius 1 is 0.982 bits per heavy atom. The minimum atomic E-state index is -0.594. The van der Waals surface area contributed by atoms with E-state index in [2.05, 4.69) is 54.9 Å². The molecule has 5 aliphatic heterocycles. The normalized spacial score (nSPS) is 22.6. The highest BCUT2D eigenvalue weighted by Gasteiger charge is 2.42. The number of likely N-dealkylation sites (tertiary alicyclic amines) is 1. The van der Waals surface area contributed by atoms with E-state index in [1.165, 1.54) is 11.1 Å². The molecule has 14 heteroatoms. The number of carbonyl (C=O) groups is 3. The van der Waals surface area contributed by atoms with Crippen LogP contribution in [-0.2, 0) is 35.6 Å². The Bertz CT molecular complexity index is 2360. The largest absolute Gasteiger partial charge is 0.322 e. The molecule has 0 radical (unpaired) electrons. The van der Waals surface area contributed by atoms with Crippen molar-refractivity contribution in [1.82, 2.24) is 39.7 Å². The number of aryl methyl sites for hydroxylation is 1. The van der Waals surface area contributed by atoms with Crippen molar-refractivity contribution in [2.24, 2.45) is 16.8 Å². The quantitative estimate of drug-likeness (QED) is 0.196. The Morgan fingerprint density at radius 3 is 2.61 bits per heavy atom. The van der Waals surface area contributed by atoms with Crippen LogP contribution in [0.25, 0.3) is 0 Å². The maximum absolute atomic E-state index is 13.3. The molecule has 7 heterocycles. The molecule has 1 N–H and O–H groups in total. The lowest BCUT2D eigenvalue weighted by atomic mass is 9.87. The van der Waals surface area contributed by atoms with Gasteiger partial charge in [0.2, 0.25) is 11.8 Å². The smallest absolute Gasteiger partial charge is 0.255 e. The summed E-state index contributed by atoms with van der Waals surface area (Å²) in [5.74, 6) is 8.40. The van der Waals surface area contributed by atoms with Gasteiger partial charge in [-0.1, -0.05) is 59.5 Å². The Labute approximate surface area is 334 Å². The van der Waals surface area contributed by atoms with Crippen LogP contribution in [0.1, 0.15) is 82.2 Å². The van der Waals surface area contributed by atoms with Crippen LogP contribution < -0.4 is 5.32 Å². The number of aliphatic imine (C=N–C) groups is 1. The van der Waals surface area contributed by atoms with E-state index in [9.17, 15) is 14.4 Å². The first-order valence-corrected chi connectivity index (χ1v) is 20.6. The van der Waals surface area contributed by atoms with Crippen LogP contribution in [-0.4, -0.2) is 83.5 Å². The number of fused-ring (bicyclic) bond motifs is 4. The van der Waals surface area contributed by atoms with Crippen molar-refractivity contribution >= 4 is 46.8 Å². The third kappa shape index (κ3) is 6.99. The van der Waals surface area contributed by atoms with E-state index in [-0.39, 0.29) is 35.4 Å². The zero-order valence-electron chi connectivity index (χ0n) is 31.4. The number of hydrogen-bond acceptors (Lipinski definition) is 9. The third-order valence-corrected chi connectivity index (χ3v) is 13.5. The standard InChI is InChI=1S/C42H42ClN9O3S/c1-25-35(56-42-38(25)39(29-7-9-31(43)10-8-29)44-22-36-48-47-26(2)52(36)42)12-6-28-21-45-50(23-28)19-18-49-16-14-27(15-17-49)20-30-4-3-5-32-33(30)24-51(41(32)55)34-11-13-37(53)46-40(34)54/h3-5,7-10,21,23,27,34,38,42H,11,13-20,22,24H2,1-2H3,(H,46,53,54). The summed E-state index contributed by atoms with van der Waals surface area (Å²) < 4.78 is 4.20. The van der Waals surface area contributed by atoms with E-state index in [0.717, 1.165) is 84.4 Å². The van der Waals surface area contributed by atoms with Crippen LogP contribution in [0.15, 0.2) is 70.3 Å². The summed E-state index contributed by atoms with van der Waals surface area (Å²) in [6.07, 6.45) is 7.59. The second-order valence-corrected chi connectivity index (χ2v) is 16.9. The molecule has 286 valence electrons. The van der Waals surface area contributed by atoms with Gasteiger partial charge in [0.05, 0.1) is 46.8 Å².